The van der Waals surface area contributed by atoms with Crippen molar-refractivity contribution in [3.63, 3.8) is 0 Å². The predicted molar refractivity (Wildman–Crippen MR) is 122 cm³/mol. The number of aryl methyl sites for hydroxylation is 2. The van der Waals surface area contributed by atoms with Crippen LogP contribution >= 0.6 is 15.9 Å². The Hall–Kier alpha value is -1.76. The summed E-state index contributed by atoms with van der Waals surface area (Å²) >= 11 is 3.37. The molecule has 0 saturated carbocycles. The lowest BCUT2D eigenvalue weighted by Crippen LogP contribution is -2.41. The van der Waals surface area contributed by atoms with Crippen molar-refractivity contribution in [3.05, 3.63) is 63.1 Å². The van der Waals surface area contributed by atoms with Crippen LogP contribution in [0.4, 0.5) is 0 Å². The van der Waals surface area contributed by atoms with Gasteiger partial charge in [0.1, 0.15) is 0 Å². The van der Waals surface area contributed by atoms with Crippen molar-refractivity contribution in [1.82, 2.24) is 0 Å². The highest BCUT2D eigenvalue weighted by atomic mass is 79.9. The molecule has 0 unspecified atom stereocenters. The van der Waals surface area contributed by atoms with Crippen LogP contribution < -0.4 is 5.46 Å². The maximum absolute atomic E-state index is 11.6. The summed E-state index contributed by atoms with van der Waals surface area (Å²) in [7, 11) is -0.342. The number of benzene rings is 2. The molecule has 0 radical (unpaired) electrons. The average Bonchev–Trinajstić information content (AvgIpc) is 3.30. The van der Waals surface area contributed by atoms with Gasteiger partial charge in [0.2, 0.25) is 0 Å². The molecule has 0 bridgehead atoms. The van der Waals surface area contributed by atoms with E-state index in [4.69, 9.17) is 9.31 Å². The van der Waals surface area contributed by atoms with Crippen LogP contribution in [0.25, 0.3) is 0 Å². The van der Waals surface area contributed by atoms with Crippen LogP contribution in [0.3, 0.4) is 0 Å². The van der Waals surface area contributed by atoms with Crippen LogP contribution in [0.5, 0.6) is 0 Å². The van der Waals surface area contributed by atoms with E-state index in [1.54, 1.807) is 0 Å². The van der Waals surface area contributed by atoms with Gasteiger partial charge in [0.25, 0.3) is 0 Å². The highest BCUT2D eigenvalue weighted by molar-refractivity contribution is 9.10. The number of carbonyl (C=O) groups is 2. The summed E-state index contributed by atoms with van der Waals surface area (Å²) in [6.07, 6.45) is 3.06. The minimum Gasteiger partial charge on any atom is -0.399 e. The first-order valence-corrected chi connectivity index (χ1v) is 11.2. The van der Waals surface area contributed by atoms with Gasteiger partial charge in [0, 0.05) is 28.4 Å². The van der Waals surface area contributed by atoms with E-state index in [9.17, 15) is 9.59 Å². The number of ketones is 2. The Morgan fingerprint density at radius 3 is 1.83 bits per heavy atom. The summed E-state index contributed by atoms with van der Waals surface area (Å²) in [4.78, 5) is 22.8. The van der Waals surface area contributed by atoms with Gasteiger partial charge in [-0.2, -0.15) is 0 Å². The molecule has 0 spiro atoms. The first kappa shape index (κ1) is 21.5. The first-order chi connectivity index (χ1) is 14.1. The van der Waals surface area contributed by atoms with E-state index >= 15 is 0 Å². The van der Waals surface area contributed by atoms with Crippen molar-refractivity contribution < 1.29 is 18.9 Å². The van der Waals surface area contributed by atoms with E-state index in [2.05, 4.69) is 22.0 Å². The third-order valence-electron chi connectivity index (χ3n) is 6.57. The van der Waals surface area contributed by atoms with Crippen molar-refractivity contribution in [2.75, 3.05) is 0 Å². The summed E-state index contributed by atoms with van der Waals surface area (Å²) in [5.41, 5.74) is 4.43. The summed E-state index contributed by atoms with van der Waals surface area (Å²) in [6, 6.07) is 11.8. The molecule has 30 heavy (non-hydrogen) atoms. The van der Waals surface area contributed by atoms with E-state index in [1.165, 1.54) is 5.56 Å². The molecule has 0 aromatic heterocycles. The van der Waals surface area contributed by atoms with E-state index in [0.29, 0.717) is 12.8 Å². The molecule has 3 aliphatic rings. The Morgan fingerprint density at radius 2 is 1.27 bits per heavy atom. The van der Waals surface area contributed by atoms with Gasteiger partial charge in [-0.15, -0.1) is 0 Å². The Kier molecular flexibility index (Phi) is 5.54. The molecular formula is C24H26BBrO4. The van der Waals surface area contributed by atoms with Gasteiger partial charge in [0.05, 0.1) is 11.2 Å². The lowest BCUT2D eigenvalue weighted by Gasteiger charge is -2.32. The van der Waals surface area contributed by atoms with E-state index in [1.807, 2.05) is 58.0 Å². The van der Waals surface area contributed by atoms with Gasteiger partial charge in [0.15, 0.2) is 11.6 Å². The standard InChI is InChI=1S/C15H19BO3.C9H7BrO/c1-14(2)15(3,4)19-16(18-14)11-6-7-12-10(9-11)5-8-13(12)17;10-7-2-3-8-6(5-7)1-4-9(8)11/h6-7,9H,5,8H2,1-4H3;2-3,5H,1,4H2. The molecule has 1 fully saturated rings. The minimum atomic E-state index is -0.342. The zero-order valence-electron chi connectivity index (χ0n) is 17.9. The molecule has 0 atom stereocenters. The predicted octanol–water partition coefficient (Wildman–Crippen LogP) is 4.69. The summed E-state index contributed by atoms with van der Waals surface area (Å²) < 4.78 is 13.1. The van der Waals surface area contributed by atoms with E-state index < -0.39 is 0 Å². The Labute approximate surface area is 186 Å². The third-order valence-corrected chi connectivity index (χ3v) is 7.06. The number of hydrogen-bond donors (Lipinski definition) is 0. The molecule has 1 saturated heterocycles. The Bertz CT molecular complexity index is 1010. The van der Waals surface area contributed by atoms with Gasteiger partial charge in [-0.05, 0) is 69.3 Å². The molecule has 4 nitrogen and oxygen atoms in total. The van der Waals surface area contributed by atoms with Crippen molar-refractivity contribution in [3.8, 4) is 0 Å². The molecular weight excluding hydrogens is 443 g/mol. The van der Waals surface area contributed by atoms with Crippen molar-refractivity contribution in [2.45, 2.75) is 64.6 Å². The van der Waals surface area contributed by atoms with Crippen LogP contribution in [0.1, 0.15) is 72.4 Å². The van der Waals surface area contributed by atoms with Gasteiger partial charge in [-0.1, -0.05) is 40.2 Å². The first-order valence-electron chi connectivity index (χ1n) is 10.4. The molecule has 2 aromatic rings. The lowest BCUT2D eigenvalue weighted by atomic mass is 9.78. The number of fused-ring (bicyclic) bond motifs is 2. The van der Waals surface area contributed by atoms with Gasteiger partial charge in [-0.3, -0.25) is 9.59 Å². The normalized spacial score (nSPS) is 20.6. The second kappa shape index (κ2) is 7.74. The number of rotatable bonds is 1. The van der Waals surface area contributed by atoms with Gasteiger partial charge >= 0.3 is 7.12 Å². The molecule has 156 valence electrons. The highest BCUT2D eigenvalue weighted by Gasteiger charge is 2.51. The summed E-state index contributed by atoms with van der Waals surface area (Å²) in [5.74, 6) is 0.531. The maximum atomic E-state index is 11.6. The largest absolute Gasteiger partial charge is 0.494 e. The fourth-order valence-electron chi connectivity index (χ4n) is 4.03. The summed E-state index contributed by atoms with van der Waals surface area (Å²) in [6.45, 7) is 8.18. The number of halogens is 1. The fourth-order valence-corrected chi connectivity index (χ4v) is 4.43. The molecule has 1 aliphatic heterocycles. The van der Waals surface area contributed by atoms with Crippen LogP contribution in [0.2, 0.25) is 0 Å². The molecule has 2 aliphatic carbocycles. The monoisotopic (exact) mass is 468 g/mol. The third kappa shape index (κ3) is 3.93. The van der Waals surface area contributed by atoms with Crippen LogP contribution in [-0.2, 0) is 22.2 Å². The quantitative estimate of drug-likeness (QED) is 0.569. The SMILES string of the molecule is CC1(C)OB(c2ccc3c(c2)CCC3=O)OC1(C)C.O=C1CCc2cc(Br)ccc21. The molecule has 6 heteroatoms. The van der Waals surface area contributed by atoms with Crippen molar-refractivity contribution in [2.24, 2.45) is 0 Å². The molecule has 2 aromatic carbocycles. The Morgan fingerprint density at radius 1 is 0.767 bits per heavy atom. The number of Topliss-reactive ketones (excluding diaryl/α,β-unsaturated/α-hetero) is 2. The van der Waals surface area contributed by atoms with Crippen molar-refractivity contribution in [1.29, 1.82) is 0 Å². The Balaban J connectivity index is 0.000000168. The zero-order chi connectivity index (χ0) is 21.7. The van der Waals surface area contributed by atoms with E-state index in [-0.39, 0.29) is 29.9 Å². The molecule has 5 rings (SSSR count). The average molecular weight is 469 g/mol. The van der Waals surface area contributed by atoms with Crippen LogP contribution in [0.15, 0.2) is 40.9 Å². The van der Waals surface area contributed by atoms with Crippen LogP contribution in [-0.4, -0.2) is 29.9 Å². The molecule has 0 amide bonds. The smallest absolute Gasteiger partial charge is 0.399 e. The minimum absolute atomic E-state index is 0.246. The van der Waals surface area contributed by atoms with Gasteiger partial charge < -0.3 is 9.31 Å². The number of carbonyl (C=O) groups excluding carboxylic acids is 2. The molecule has 1 heterocycles. The number of hydrogen-bond acceptors (Lipinski definition) is 4. The topological polar surface area (TPSA) is 52.6 Å². The van der Waals surface area contributed by atoms with Gasteiger partial charge in [-0.25, -0.2) is 0 Å². The second-order valence-electron chi connectivity index (χ2n) is 9.15. The zero-order valence-corrected chi connectivity index (χ0v) is 19.5. The lowest BCUT2D eigenvalue weighted by molar-refractivity contribution is 0.00578. The van der Waals surface area contributed by atoms with Crippen molar-refractivity contribution >= 4 is 40.1 Å². The second-order valence-corrected chi connectivity index (χ2v) is 10.1. The fraction of sp³-hybridized carbons (Fsp3) is 0.417. The maximum Gasteiger partial charge on any atom is 0.494 e. The highest BCUT2D eigenvalue weighted by Crippen LogP contribution is 2.36. The molecule has 0 N–H and O–H groups in total. The summed E-state index contributed by atoms with van der Waals surface area (Å²) in [5, 5.41) is 0. The van der Waals surface area contributed by atoms with Crippen LogP contribution in [0, 0.1) is 0 Å². The van der Waals surface area contributed by atoms with E-state index in [0.717, 1.165) is 39.5 Å².